The molecule has 1 fully saturated rings. The van der Waals surface area contributed by atoms with Crippen LogP contribution >= 0.6 is 23.2 Å². The van der Waals surface area contributed by atoms with E-state index in [1.165, 1.54) is 19.3 Å². The topological polar surface area (TPSA) is 15.3 Å². The van der Waals surface area contributed by atoms with Crippen molar-refractivity contribution in [2.24, 2.45) is 0 Å². The first-order valence-electron chi connectivity index (χ1n) is 6.13. The average Bonchev–Trinajstić information content (AvgIpc) is 2.30. The van der Waals surface area contributed by atoms with Crippen LogP contribution < -0.4 is 5.43 Å². The molecule has 2 rings (SSSR count). The van der Waals surface area contributed by atoms with Crippen molar-refractivity contribution >= 4 is 23.2 Å². The molecule has 0 bridgehead atoms. The first-order valence-corrected chi connectivity index (χ1v) is 6.88. The van der Waals surface area contributed by atoms with Crippen molar-refractivity contribution in [2.75, 3.05) is 13.1 Å². The van der Waals surface area contributed by atoms with Crippen molar-refractivity contribution in [3.05, 3.63) is 33.8 Å². The Hall–Kier alpha value is -0.280. The van der Waals surface area contributed by atoms with E-state index >= 15 is 0 Å². The lowest BCUT2D eigenvalue weighted by atomic mass is 10.1. The van der Waals surface area contributed by atoms with Crippen LogP contribution in [0.15, 0.2) is 18.2 Å². The van der Waals surface area contributed by atoms with E-state index in [9.17, 15) is 0 Å². The zero-order valence-electron chi connectivity index (χ0n) is 10.0. The second-order valence-electron chi connectivity index (χ2n) is 4.56. The van der Waals surface area contributed by atoms with Crippen molar-refractivity contribution < 1.29 is 0 Å². The van der Waals surface area contributed by atoms with Crippen LogP contribution in [-0.4, -0.2) is 18.1 Å². The number of nitrogens with zero attached hydrogens (tertiary/aromatic N) is 1. The Kier molecular flexibility index (Phi) is 4.69. The minimum atomic E-state index is 0.220. The van der Waals surface area contributed by atoms with E-state index in [1.807, 2.05) is 12.1 Å². The zero-order chi connectivity index (χ0) is 12.3. The van der Waals surface area contributed by atoms with Crippen molar-refractivity contribution in [3.63, 3.8) is 0 Å². The Balaban J connectivity index is 2.00. The zero-order valence-corrected chi connectivity index (χ0v) is 11.6. The maximum atomic E-state index is 6.20. The third-order valence-electron chi connectivity index (χ3n) is 3.16. The number of hydrogen-bond donors (Lipinski definition) is 1. The lowest BCUT2D eigenvalue weighted by Gasteiger charge is -2.30. The number of rotatable bonds is 3. The molecule has 0 radical (unpaired) electrons. The van der Waals surface area contributed by atoms with Gasteiger partial charge in [0.25, 0.3) is 0 Å². The summed E-state index contributed by atoms with van der Waals surface area (Å²) in [4.78, 5) is 0. The molecule has 0 saturated carbocycles. The van der Waals surface area contributed by atoms with Gasteiger partial charge in [0.05, 0.1) is 0 Å². The van der Waals surface area contributed by atoms with E-state index in [-0.39, 0.29) is 6.04 Å². The summed E-state index contributed by atoms with van der Waals surface area (Å²) in [6.07, 6.45) is 3.89. The van der Waals surface area contributed by atoms with Crippen LogP contribution in [0.1, 0.15) is 37.8 Å². The van der Waals surface area contributed by atoms with Crippen molar-refractivity contribution in [2.45, 2.75) is 32.2 Å². The van der Waals surface area contributed by atoms with Crippen LogP contribution in [0.2, 0.25) is 10.0 Å². The summed E-state index contributed by atoms with van der Waals surface area (Å²) < 4.78 is 0. The number of hydrazine groups is 1. The monoisotopic (exact) mass is 272 g/mol. The maximum Gasteiger partial charge on any atom is 0.0469 e. The molecule has 1 saturated heterocycles. The summed E-state index contributed by atoms with van der Waals surface area (Å²) in [5, 5.41) is 3.71. The summed E-state index contributed by atoms with van der Waals surface area (Å²) in [6.45, 7) is 4.37. The van der Waals surface area contributed by atoms with Crippen LogP contribution in [0.3, 0.4) is 0 Å². The normalized spacial score (nSPS) is 19.2. The molecule has 0 aliphatic carbocycles. The molecule has 1 aliphatic heterocycles. The Bertz CT molecular complexity index is 376. The largest absolute Gasteiger partial charge is 0.248 e. The summed E-state index contributed by atoms with van der Waals surface area (Å²) in [5.74, 6) is 0. The predicted octanol–water partition coefficient (Wildman–Crippen LogP) is 4.04. The number of nitrogens with one attached hydrogen (secondary N) is 1. The molecule has 0 spiro atoms. The Morgan fingerprint density at radius 2 is 1.88 bits per heavy atom. The minimum absolute atomic E-state index is 0.220. The van der Waals surface area contributed by atoms with E-state index in [0.717, 1.165) is 23.7 Å². The van der Waals surface area contributed by atoms with E-state index < -0.39 is 0 Å². The average molecular weight is 273 g/mol. The molecule has 0 amide bonds. The van der Waals surface area contributed by atoms with E-state index in [1.54, 1.807) is 6.07 Å². The minimum Gasteiger partial charge on any atom is -0.248 e. The highest BCUT2D eigenvalue weighted by Gasteiger charge is 2.15. The third-order valence-corrected chi connectivity index (χ3v) is 3.72. The number of piperidine rings is 1. The van der Waals surface area contributed by atoms with Gasteiger partial charge in [-0.2, -0.15) is 0 Å². The molecule has 1 heterocycles. The van der Waals surface area contributed by atoms with Gasteiger partial charge in [0, 0.05) is 29.2 Å². The second-order valence-corrected chi connectivity index (χ2v) is 5.41. The predicted molar refractivity (Wildman–Crippen MR) is 73.4 cm³/mol. The van der Waals surface area contributed by atoms with Crippen LogP contribution in [-0.2, 0) is 0 Å². The van der Waals surface area contributed by atoms with Gasteiger partial charge < -0.3 is 0 Å². The molecule has 1 aliphatic rings. The second kappa shape index (κ2) is 6.05. The quantitative estimate of drug-likeness (QED) is 0.894. The lowest BCUT2D eigenvalue weighted by Crippen LogP contribution is -2.42. The number of benzene rings is 1. The molecule has 94 valence electrons. The molecule has 17 heavy (non-hydrogen) atoms. The van der Waals surface area contributed by atoms with Gasteiger partial charge in [-0.15, -0.1) is 0 Å². The van der Waals surface area contributed by atoms with Gasteiger partial charge in [-0.25, -0.2) is 10.4 Å². The molecule has 0 aromatic heterocycles. The Morgan fingerprint density at radius 3 is 2.53 bits per heavy atom. The molecule has 2 nitrogen and oxygen atoms in total. The highest BCUT2D eigenvalue weighted by atomic mass is 35.5. The SMILES string of the molecule is CC(NN1CCCCC1)c1ccc(Cl)cc1Cl. The fourth-order valence-corrected chi connectivity index (χ4v) is 2.79. The first kappa shape index (κ1) is 13.2. The fourth-order valence-electron chi connectivity index (χ4n) is 2.22. The first-order chi connectivity index (χ1) is 8.16. The van der Waals surface area contributed by atoms with E-state index in [2.05, 4.69) is 17.4 Å². The number of halogens is 2. The lowest BCUT2D eigenvalue weighted by molar-refractivity contribution is 0.133. The molecular formula is C13H18Cl2N2. The highest BCUT2D eigenvalue weighted by Crippen LogP contribution is 2.26. The summed E-state index contributed by atoms with van der Waals surface area (Å²) in [6, 6.07) is 5.90. The number of hydrogen-bond acceptors (Lipinski definition) is 2. The van der Waals surface area contributed by atoms with Crippen molar-refractivity contribution in [1.29, 1.82) is 0 Å². The summed E-state index contributed by atoms with van der Waals surface area (Å²) in [5.41, 5.74) is 4.60. The van der Waals surface area contributed by atoms with Crippen LogP contribution in [0, 0.1) is 0 Å². The van der Waals surface area contributed by atoms with E-state index in [4.69, 9.17) is 23.2 Å². The standard InChI is InChI=1S/C13H18Cl2N2/c1-10(16-17-7-3-2-4-8-17)12-6-5-11(14)9-13(12)15/h5-6,9-10,16H,2-4,7-8H2,1H3. The van der Waals surface area contributed by atoms with Gasteiger partial charge in [-0.1, -0.05) is 35.7 Å². The van der Waals surface area contributed by atoms with Gasteiger partial charge in [-0.05, 0) is 37.5 Å². The summed E-state index contributed by atoms with van der Waals surface area (Å²) >= 11 is 12.1. The van der Waals surface area contributed by atoms with E-state index in [0.29, 0.717) is 5.02 Å². The van der Waals surface area contributed by atoms with Crippen molar-refractivity contribution in [1.82, 2.24) is 10.4 Å². The summed E-state index contributed by atoms with van der Waals surface area (Å²) in [7, 11) is 0. The smallest absolute Gasteiger partial charge is 0.0469 e. The Labute approximate surface area is 113 Å². The Morgan fingerprint density at radius 1 is 1.18 bits per heavy atom. The van der Waals surface area contributed by atoms with Gasteiger partial charge in [0.1, 0.15) is 0 Å². The molecule has 1 N–H and O–H groups in total. The van der Waals surface area contributed by atoms with Crippen LogP contribution in [0.25, 0.3) is 0 Å². The molecule has 1 aromatic rings. The van der Waals surface area contributed by atoms with Crippen LogP contribution in [0.4, 0.5) is 0 Å². The highest BCUT2D eigenvalue weighted by molar-refractivity contribution is 6.35. The van der Waals surface area contributed by atoms with Crippen molar-refractivity contribution in [3.8, 4) is 0 Å². The van der Waals surface area contributed by atoms with Crippen LogP contribution in [0.5, 0.6) is 0 Å². The third kappa shape index (κ3) is 3.59. The maximum absolute atomic E-state index is 6.20. The van der Waals surface area contributed by atoms with Gasteiger partial charge in [-0.3, -0.25) is 0 Å². The molecular weight excluding hydrogens is 255 g/mol. The molecule has 1 atom stereocenters. The van der Waals surface area contributed by atoms with Gasteiger partial charge >= 0.3 is 0 Å². The van der Waals surface area contributed by atoms with Gasteiger partial charge in [0.2, 0.25) is 0 Å². The molecule has 1 unspecified atom stereocenters. The fraction of sp³-hybridized carbons (Fsp3) is 0.538. The molecule has 4 heteroatoms. The molecule has 1 aromatic carbocycles. The van der Waals surface area contributed by atoms with Gasteiger partial charge in [0.15, 0.2) is 0 Å².